The molecule has 11 heteroatoms. The number of rotatable bonds is 8. The van der Waals surface area contributed by atoms with Crippen LogP contribution in [0.1, 0.15) is 35.3 Å². The molecule has 11 nitrogen and oxygen atoms in total. The number of nitrogens with zero attached hydrogens (tertiary/aromatic N) is 2. The standard InChI is InChI=1S/C22H22N4O7/c1-14(15-5-3-2-4-6-15)23-19(27)13-33-22(30)17-11-20(28)25(12-17)24-21(29)16-7-9-18(10-8-16)26(31)32/h2-10,14,17H,11-13H2,1H3,(H,23,27)(H,24,29)/t14-,17-/m0/s1. The van der Waals surface area contributed by atoms with Crippen molar-refractivity contribution in [1.82, 2.24) is 15.8 Å². The lowest BCUT2D eigenvalue weighted by Crippen LogP contribution is -2.43. The van der Waals surface area contributed by atoms with Gasteiger partial charge in [0, 0.05) is 24.1 Å². The van der Waals surface area contributed by atoms with Gasteiger partial charge in [0.15, 0.2) is 6.61 Å². The zero-order valence-electron chi connectivity index (χ0n) is 17.7. The maximum Gasteiger partial charge on any atom is 0.311 e. The van der Waals surface area contributed by atoms with Crippen LogP contribution in [0.2, 0.25) is 0 Å². The number of nitro benzene ring substituents is 1. The van der Waals surface area contributed by atoms with Crippen molar-refractivity contribution in [3.05, 3.63) is 75.8 Å². The van der Waals surface area contributed by atoms with Crippen LogP contribution < -0.4 is 10.7 Å². The first-order chi connectivity index (χ1) is 15.7. The molecule has 1 aliphatic rings. The Bertz CT molecular complexity index is 1060. The van der Waals surface area contributed by atoms with E-state index in [9.17, 15) is 29.3 Å². The van der Waals surface area contributed by atoms with Crippen LogP contribution in [-0.2, 0) is 19.1 Å². The van der Waals surface area contributed by atoms with Gasteiger partial charge >= 0.3 is 5.97 Å². The molecule has 172 valence electrons. The molecule has 1 saturated heterocycles. The zero-order chi connectivity index (χ0) is 24.0. The van der Waals surface area contributed by atoms with E-state index in [0.29, 0.717) is 0 Å². The summed E-state index contributed by atoms with van der Waals surface area (Å²) < 4.78 is 5.04. The monoisotopic (exact) mass is 454 g/mol. The maximum atomic E-state index is 12.3. The van der Waals surface area contributed by atoms with Crippen LogP contribution >= 0.6 is 0 Å². The summed E-state index contributed by atoms with van der Waals surface area (Å²) >= 11 is 0. The van der Waals surface area contributed by atoms with E-state index in [2.05, 4.69) is 10.7 Å². The topological polar surface area (TPSA) is 148 Å². The lowest BCUT2D eigenvalue weighted by molar-refractivity contribution is -0.384. The molecule has 0 unspecified atom stereocenters. The summed E-state index contributed by atoms with van der Waals surface area (Å²) in [6.07, 6.45) is -0.179. The summed E-state index contributed by atoms with van der Waals surface area (Å²) in [5.41, 5.74) is 3.22. The molecule has 0 aliphatic carbocycles. The van der Waals surface area contributed by atoms with E-state index in [1.165, 1.54) is 24.3 Å². The number of amides is 3. The van der Waals surface area contributed by atoms with Gasteiger partial charge < -0.3 is 10.1 Å². The van der Waals surface area contributed by atoms with Crippen molar-refractivity contribution in [1.29, 1.82) is 0 Å². The molecule has 3 amide bonds. The minimum Gasteiger partial charge on any atom is -0.455 e. The van der Waals surface area contributed by atoms with Crippen molar-refractivity contribution in [3.8, 4) is 0 Å². The van der Waals surface area contributed by atoms with E-state index in [0.717, 1.165) is 10.6 Å². The molecule has 2 N–H and O–H groups in total. The van der Waals surface area contributed by atoms with E-state index in [1.807, 2.05) is 30.3 Å². The first kappa shape index (κ1) is 23.4. The number of benzene rings is 2. The molecule has 2 aromatic carbocycles. The summed E-state index contributed by atoms with van der Waals surface area (Å²) in [4.78, 5) is 59.0. The number of carbonyl (C=O) groups is 4. The van der Waals surface area contributed by atoms with Gasteiger partial charge in [0.2, 0.25) is 5.91 Å². The van der Waals surface area contributed by atoms with Gasteiger partial charge in [0.25, 0.3) is 17.5 Å². The summed E-state index contributed by atoms with van der Waals surface area (Å²) in [6.45, 7) is 1.20. The number of ether oxygens (including phenoxy) is 1. The number of carbonyl (C=O) groups excluding carboxylic acids is 4. The Balaban J connectivity index is 1.46. The molecular weight excluding hydrogens is 432 g/mol. The van der Waals surface area contributed by atoms with E-state index in [4.69, 9.17) is 4.74 Å². The van der Waals surface area contributed by atoms with Crippen molar-refractivity contribution in [2.75, 3.05) is 13.2 Å². The second-order valence-corrected chi connectivity index (χ2v) is 7.46. The molecule has 0 radical (unpaired) electrons. The van der Waals surface area contributed by atoms with Gasteiger partial charge in [-0.2, -0.15) is 0 Å². The minimum atomic E-state index is -0.839. The fourth-order valence-corrected chi connectivity index (χ4v) is 3.26. The van der Waals surface area contributed by atoms with E-state index in [-0.39, 0.29) is 30.3 Å². The second kappa shape index (κ2) is 10.4. The van der Waals surface area contributed by atoms with Gasteiger partial charge in [-0.15, -0.1) is 0 Å². The van der Waals surface area contributed by atoms with Gasteiger partial charge in [-0.1, -0.05) is 30.3 Å². The fourth-order valence-electron chi connectivity index (χ4n) is 3.26. The first-order valence-electron chi connectivity index (χ1n) is 10.1. The predicted molar refractivity (Wildman–Crippen MR) is 114 cm³/mol. The highest BCUT2D eigenvalue weighted by Crippen LogP contribution is 2.19. The maximum absolute atomic E-state index is 12.3. The Labute approximate surface area is 188 Å². The van der Waals surface area contributed by atoms with Crippen molar-refractivity contribution in [2.24, 2.45) is 5.92 Å². The largest absolute Gasteiger partial charge is 0.455 e. The number of hydrogen-bond donors (Lipinski definition) is 2. The van der Waals surface area contributed by atoms with Crippen LogP contribution in [0, 0.1) is 16.0 Å². The van der Waals surface area contributed by atoms with Crippen LogP contribution in [0.5, 0.6) is 0 Å². The van der Waals surface area contributed by atoms with Crippen LogP contribution in [0.25, 0.3) is 0 Å². The molecule has 2 aromatic rings. The molecular formula is C22H22N4O7. The molecule has 0 saturated carbocycles. The van der Waals surface area contributed by atoms with Crippen LogP contribution in [0.15, 0.2) is 54.6 Å². The molecule has 0 bridgehead atoms. The summed E-state index contributed by atoms with van der Waals surface area (Å²) in [7, 11) is 0. The normalized spacial score (nSPS) is 16.1. The van der Waals surface area contributed by atoms with Crippen molar-refractivity contribution in [2.45, 2.75) is 19.4 Å². The highest BCUT2D eigenvalue weighted by Gasteiger charge is 2.36. The molecule has 0 aromatic heterocycles. The number of hydrazine groups is 1. The Kier molecular flexibility index (Phi) is 7.34. The van der Waals surface area contributed by atoms with E-state index in [1.54, 1.807) is 6.92 Å². The molecule has 0 spiro atoms. The van der Waals surface area contributed by atoms with Gasteiger partial charge in [-0.05, 0) is 24.6 Å². The van der Waals surface area contributed by atoms with Gasteiger partial charge in [-0.3, -0.25) is 39.7 Å². The summed E-state index contributed by atoms with van der Waals surface area (Å²) in [5, 5.41) is 14.4. The van der Waals surface area contributed by atoms with E-state index >= 15 is 0 Å². The van der Waals surface area contributed by atoms with Gasteiger partial charge in [0.1, 0.15) is 0 Å². The molecule has 33 heavy (non-hydrogen) atoms. The molecule has 3 rings (SSSR count). The van der Waals surface area contributed by atoms with Gasteiger partial charge in [0.05, 0.1) is 23.4 Å². The molecule has 1 heterocycles. The third-order valence-corrected chi connectivity index (χ3v) is 5.06. The average molecular weight is 454 g/mol. The SMILES string of the molecule is C[C@H](NC(=O)COC(=O)[C@H]1CC(=O)N(NC(=O)c2ccc([N+](=O)[O-])cc2)C1)c1ccccc1. The molecule has 1 fully saturated rings. The van der Waals surface area contributed by atoms with Crippen molar-refractivity contribution < 1.29 is 28.8 Å². The summed E-state index contributed by atoms with van der Waals surface area (Å²) in [6, 6.07) is 13.9. The smallest absolute Gasteiger partial charge is 0.311 e. The van der Waals surface area contributed by atoms with Crippen LogP contribution in [0.4, 0.5) is 5.69 Å². The quantitative estimate of drug-likeness (QED) is 0.349. The number of nitrogens with one attached hydrogen (secondary N) is 2. The Morgan fingerprint density at radius 1 is 1.15 bits per heavy atom. The fraction of sp³-hybridized carbons (Fsp3) is 0.273. The van der Waals surface area contributed by atoms with Crippen LogP contribution in [0.3, 0.4) is 0 Å². The van der Waals surface area contributed by atoms with Crippen molar-refractivity contribution >= 4 is 29.4 Å². The minimum absolute atomic E-state index is 0.113. The molecule has 1 aliphatic heterocycles. The Morgan fingerprint density at radius 3 is 2.45 bits per heavy atom. The molecule has 2 atom stereocenters. The predicted octanol–water partition coefficient (Wildman–Crippen LogP) is 1.51. The Hall–Kier alpha value is -4.28. The third kappa shape index (κ3) is 6.12. The number of nitro groups is 1. The highest BCUT2D eigenvalue weighted by molar-refractivity contribution is 5.96. The summed E-state index contributed by atoms with van der Waals surface area (Å²) in [5.74, 6) is -3.18. The number of hydrogen-bond acceptors (Lipinski definition) is 7. The van der Waals surface area contributed by atoms with Gasteiger partial charge in [-0.25, -0.2) is 0 Å². The Morgan fingerprint density at radius 2 is 1.82 bits per heavy atom. The second-order valence-electron chi connectivity index (χ2n) is 7.46. The zero-order valence-corrected chi connectivity index (χ0v) is 17.7. The van der Waals surface area contributed by atoms with Crippen molar-refractivity contribution in [3.63, 3.8) is 0 Å². The number of non-ortho nitro benzene ring substituents is 1. The van der Waals surface area contributed by atoms with E-state index < -0.39 is 41.1 Å². The number of esters is 1. The third-order valence-electron chi connectivity index (χ3n) is 5.06. The lowest BCUT2D eigenvalue weighted by Gasteiger charge is -2.18. The average Bonchev–Trinajstić information content (AvgIpc) is 3.18. The lowest BCUT2D eigenvalue weighted by atomic mass is 10.1. The first-order valence-corrected chi connectivity index (χ1v) is 10.1. The highest BCUT2D eigenvalue weighted by atomic mass is 16.6. The van der Waals surface area contributed by atoms with Crippen LogP contribution in [-0.4, -0.2) is 46.8 Å².